The van der Waals surface area contributed by atoms with E-state index >= 15 is 0 Å². The number of carbonyl (C=O) groups excluding carboxylic acids is 1. The molecule has 0 aromatic carbocycles. The van der Waals surface area contributed by atoms with Crippen LogP contribution in [0.4, 0.5) is 0 Å². The Morgan fingerprint density at radius 3 is 2.46 bits per heavy atom. The minimum absolute atomic E-state index is 0.516. The fraction of sp³-hybridized carbons (Fsp3) is 0.300. The van der Waals surface area contributed by atoms with Gasteiger partial charge in [0.1, 0.15) is 6.29 Å². The van der Waals surface area contributed by atoms with Crippen LogP contribution < -0.4 is 5.32 Å². The van der Waals surface area contributed by atoms with Gasteiger partial charge in [0.05, 0.1) is 0 Å². The molecule has 0 amide bonds. The number of aliphatic hydroxyl groups excluding tert-OH is 1. The van der Waals surface area contributed by atoms with Gasteiger partial charge in [-0.1, -0.05) is 19.2 Å². The molecule has 74 valence electrons. The van der Waals surface area contributed by atoms with Crippen LogP contribution in [0.3, 0.4) is 0 Å². The van der Waals surface area contributed by atoms with Crippen LogP contribution in [0, 0.1) is 0 Å². The average Bonchev–Trinajstić information content (AvgIpc) is 2.20. The number of carbonyl (C=O) groups is 1. The number of nitrogens with one attached hydrogen (secondary N) is 1. The van der Waals surface area contributed by atoms with E-state index in [9.17, 15) is 4.79 Å². The van der Waals surface area contributed by atoms with E-state index in [1.54, 1.807) is 18.2 Å². The lowest BCUT2D eigenvalue weighted by atomic mass is 10.3. The molecule has 3 nitrogen and oxygen atoms in total. The van der Waals surface area contributed by atoms with E-state index in [2.05, 4.69) is 18.5 Å². The lowest BCUT2D eigenvalue weighted by molar-refractivity contribution is -0.107. The predicted octanol–water partition coefficient (Wildman–Crippen LogP) is 1.03. The molecule has 0 aromatic heterocycles. The van der Waals surface area contributed by atoms with E-state index in [1.165, 1.54) is 0 Å². The van der Waals surface area contributed by atoms with Gasteiger partial charge >= 0.3 is 0 Å². The van der Waals surface area contributed by atoms with Gasteiger partial charge < -0.3 is 15.2 Å². The molecule has 0 aliphatic carbocycles. The third-order valence-electron chi connectivity index (χ3n) is 1.11. The monoisotopic (exact) mass is 183 g/mol. The van der Waals surface area contributed by atoms with Gasteiger partial charge in [-0.3, -0.25) is 0 Å². The van der Waals surface area contributed by atoms with Crippen LogP contribution in [0.1, 0.15) is 6.42 Å². The van der Waals surface area contributed by atoms with Crippen molar-refractivity contribution in [2.45, 2.75) is 6.42 Å². The number of aliphatic hydroxyl groups is 1. The van der Waals surface area contributed by atoms with Crippen molar-refractivity contribution < 1.29 is 9.90 Å². The molecular weight excluding hydrogens is 166 g/mol. The van der Waals surface area contributed by atoms with E-state index in [1.807, 2.05) is 0 Å². The molecule has 0 rings (SSSR count). The Kier molecular flexibility index (Phi) is 14.5. The lowest BCUT2D eigenvalue weighted by Gasteiger charge is -2.02. The number of hydrogen-bond donors (Lipinski definition) is 2. The highest BCUT2D eigenvalue weighted by Gasteiger charge is 1.86. The molecule has 0 bridgehead atoms. The summed E-state index contributed by atoms with van der Waals surface area (Å²) in [6, 6.07) is 0. The molecule has 0 saturated carbocycles. The second-order valence-electron chi connectivity index (χ2n) is 1.94. The van der Waals surface area contributed by atoms with Gasteiger partial charge in [0.25, 0.3) is 0 Å². The molecule has 13 heavy (non-hydrogen) atoms. The van der Waals surface area contributed by atoms with Crippen molar-refractivity contribution in [3.8, 4) is 0 Å². The minimum atomic E-state index is 0.516. The highest BCUT2D eigenvalue weighted by molar-refractivity contribution is 5.49. The standard InChI is InChI=1S/C9H13NO.CH4O/c1-3-6-9(4-2)10-7-5-8-11;1-2/h3-4,6,8,10H,1-2,5,7H2;2H,1H3/b9-6+;. The molecule has 0 unspecified atom stereocenters. The summed E-state index contributed by atoms with van der Waals surface area (Å²) in [5, 5.41) is 10.0. The third kappa shape index (κ3) is 10.7. The first-order valence-electron chi connectivity index (χ1n) is 3.92. The largest absolute Gasteiger partial charge is 0.400 e. The fourth-order valence-corrected chi connectivity index (χ4v) is 0.602. The van der Waals surface area contributed by atoms with E-state index in [0.29, 0.717) is 13.0 Å². The number of aldehydes is 1. The SMILES string of the molecule is C=C/C=C(\C=C)NCCC=O.CO. The number of rotatable bonds is 6. The maximum Gasteiger partial charge on any atom is 0.121 e. The fourth-order valence-electron chi connectivity index (χ4n) is 0.602. The van der Waals surface area contributed by atoms with Gasteiger partial charge in [0.15, 0.2) is 0 Å². The topological polar surface area (TPSA) is 49.3 Å². The summed E-state index contributed by atoms with van der Waals surface area (Å²) in [6.07, 6.45) is 6.55. The highest BCUT2D eigenvalue weighted by Crippen LogP contribution is 1.89. The predicted molar refractivity (Wildman–Crippen MR) is 55.3 cm³/mol. The summed E-state index contributed by atoms with van der Waals surface area (Å²) in [5.41, 5.74) is 0.891. The molecule has 0 saturated heterocycles. The van der Waals surface area contributed by atoms with Gasteiger partial charge in [-0.25, -0.2) is 0 Å². The molecule has 0 spiro atoms. The Hall–Kier alpha value is -1.35. The average molecular weight is 183 g/mol. The highest BCUT2D eigenvalue weighted by atomic mass is 16.2. The Morgan fingerprint density at radius 1 is 1.46 bits per heavy atom. The van der Waals surface area contributed by atoms with Gasteiger partial charge in [0, 0.05) is 25.8 Å². The van der Waals surface area contributed by atoms with E-state index < -0.39 is 0 Å². The zero-order valence-electron chi connectivity index (χ0n) is 7.99. The summed E-state index contributed by atoms with van der Waals surface area (Å²) in [6.45, 7) is 7.78. The number of hydrogen-bond acceptors (Lipinski definition) is 3. The first-order chi connectivity index (χ1) is 6.35. The Bertz CT molecular complexity index is 174. The van der Waals surface area contributed by atoms with Crippen molar-refractivity contribution in [1.29, 1.82) is 0 Å². The van der Waals surface area contributed by atoms with E-state index in [-0.39, 0.29) is 0 Å². The quantitative estimate of drug-likeness (QED) is 0.367. The van der Waals surface area contributed by atoms with Gasteiger partial charge in [-0.2, -0.15) is 0 Å². The van der Waals surface area contributed by atoms with Crippen molar-refractivity contribution in [3.05, 3.63) is 37.1 Å². The molecule has 0 fully saturated rings. The number of allylic oxidation sites excluding steroid dienone is 3. The van der Waals surface area contributed by atoms with Crippen LogP contribution in [-0.4, -0.2) is 25.0 Å². The van der Waals surface area contributed by atoms with Crippen LogP contribution in [0.25, 0.3) is 0 Å². The van der Waals surface area contributed by atoms with Crippen LogP contribution >= 0.6 is 0 Å². The maximum absolute atomic E-state index is 9.93. The van der Waals surface area contributed by atoms with Crippen LogP contribution in [0.5, 0.6) is 0 Å². The maximum atomic E-state index is 9.93. The molecular formula is C10H17NO2. The zero-order valence-corrected chi connectivity index (χ0v) is 7.99. The molecule has 0 aromatic rings. The Morgan fingerprint density at radius 2 is 2.08 bits per heavy atom. The van der Waals surface area contributed by atoms with Crippen LogP contribution in [-0.2, 0) is 4.79 Å². The van der Waals surface area contributed by atoms with Crippen molar-refractivity contribution in [2.75, 3.05) is 13.7 Å². The first-order valence-corrected chi connectivity index (χ1v) is 3.92. The molecule has 0 heterocycles. The molecule has 0 radical (unpaired) electrons. The Balaban J connectivity index is 0. The van der Waals surface area contributed by atoms with Gasteiger partial charge in [-0.15, -0.1) is 0 Å². The lowest BCUT2D eigenvalue weighted by Crippen LogP contribution is -2.13. The molecule has 0 aliphatic heterocycles. The zero-order chi connectivity index (χ0) is 10.5. The summed E-state index contributed by atoms with van der Waals surface area (Å²) >= 11 is 0. The summed E-state index contributed by atoms with van der Waals surface area (Å²) in [4.78, 5) is 9.93. The van der Waals surface area contributed by atoms with Crippen LogP contribution in [0.2, 0.25) is 0 Å². The molecule has 2 N–H and O–H groups in total. The Labute approximate surface area is 79.5 Å². The van der Waals surface area contributed by atoms with Crippen molar-refractivity contribution >= 4 is 6.29 Å². The first kappa shape index (κ1) is 14.2. The summed E-state index contributed by atoms with van der Waals surface area (Å²) in [7, 11) is 1.00. The van der Waals surface area contributed by atoms with Crippen LogP contribution in [0.15, 0.2) is 37.1 Å². The smallest absolute Gasteiger partial charge is 0.121 e. The van der Waals surface area contributed by atoms with Crippen molar-refractivity contribution in [3.63, 3.8) is 0 Å². The van der Waals surface area contributed by atoms with E-state index in [4.69, 9.17) is 5.11 Å². The molecule has 0 aliphatic rings. The third-order valence-corrected chi connectivity index (χ3v) is 1.11. The molecule has 3 heteroatoms. The van der Waals surface area contributed by atoms with Crippen molar-refractivity contribution in [2.24, 2.45) is 0 Å². The second-order valence-corrected chi connectivity index (χ2v) is 1.94. The van der Waals surface area contributed by atoms with Gasteiger partial charge in [-0.05, 0) is 12.2 Å². The second kappa shape index (κ2) is 13.3. The summed E-state index contributed by atoms with van der Waals surface area (Å²) in [5.74, 6) is 0. The molecule has 0 atom stereocenters. The normalized spacial score (nSPS) is 9.23. The van der Waals surface area contributed by atoms with Crippen molar-refractivity contribution in [1.82, 2.24) is 5.32 Å². The van der Waals surface area contributed by atoms with Gasteiger partial charge in [0.2, 0.25) is 0 Å². The van der Waals surface area contributed by atoms with E-state index in [0.717, 1.165) is 19.1 Å². The summed E-state index contributed by atoms with van der Waals surface area (Å²) < 4.78 is 0. The minimum Gasteiger partial charge on any atom is -0.400 e.